The summed E-state index contributed by atoms with van der Waals surface area (Å²) in [5, 5.41) is 6.80. The Morgan fingerprint density at radius 1 is 1.25 bits per heavy atom. The predicted octanol–water partition coefficient (Wildman–Crippen LogP) is 4.37. The molecule has 1 atom stereocenters. The average Bonchev–Trinajstić information content (AvgIpc) is 3.20. The van der Waals surface area contributed by atoms with E-state index in [0.717, 1.165) is 12.8 Å². The summed E-state index contributed by atoms with van der Waals surface area (Å²) in [6.07, 6.45) is 1.78. The molecule has 168 valence electrons. The third kappa shape index (κ3) is 4.55. The Bertz CT molecular complexity index is 1260. The van der Waals surface area contributed by atoms with Crippen LogP contribution in [0, 0.1) is 12.8 Å². The molecule has 1 saturated heterocycles. The molecule has 32 heavy (non-hydrogen) atoms. The first kappa shape index (κ1) is 22.4. The smallest absolute Gasteiger partial charge is 0.255 e. The van der Waals surface area contributed by atoms with Gasteiger partial charge in [-0.3, -0.25) is 4.79 Å². The monoisotopic (exact) mass is 474 g/mol. The van der Waals surface area contributed by atoms with Crippen molar-refractivity contribution in [3.05, 3.63) is 58.9 Å². The third-order valence-corrected chi connectivity index (χ3v) is 7.72. The lowest BCUT2D eigenvalue weighted by molar-refractivity contribution is 0.102. The number of sulfonamides is 1. The van der Waals surface area contributed by atoms with Crippen LogP contribution in [0.15, 0.2) is 51.9 Å². The van der Waals surface area contributed by atoms with Gasteiger partial charge in [-0.25, -0.2) is 8.42 Å². The van der Waals surface area contributed by atoms with Gasteiger partial charge in [-0.1, -0.05) is 35.8 Å². The Hall–Kier alpha value is -2.75. The Morgan fingerprint density at radius 3 is 2.75 bits per heavy atom. The fraction of sp³-hybridized carbons (Fsp3) is 0.318. The van der Waals surface area contributed by atoms with Crippen LogP contribution in [-0.4, -0.2) is 41.9 Å². The lowest BCUT2D eigenvalue weighted by Crippen LogP contribution is -2.39. The molecular weight excluding hydrogens is 452 g/mol. The maximum absolute atomic E-state index is 13.2. The van der Waals surface area contributed by atoms with Gasteiger partial charge in [0.05, 0.1) is 10.7 Å². The standard InChI is InChI=1S/C22H23ClN4O4S/c1-14-6-5-11-27(13-14)32(29,30)20-12-16(9-10-18(20)23)22(28)25-19-8-4-3-7-17(19)21-24-15(2)31-26-21/h3-4,7-10,12,14H,5-6,11,13H2,1-2H3,(H,25,28). The van der Waals surface area contributed by atoms with Crippen LogP contribution in [0.3, 0.4) is 0 Å². The van der Waals surface area contributed by atoms with Gasteiger partial charge in [0.15, 0.2) is 0 Å². The molecule has 0 aliphatic carbocycles. The molecule has 2 heterocycles. The van der Waals surface area contributed by atoms with Crippen LogP contribution in [0.1, 0.15) is 36.0 Å². The quantitative estimate of drug-likeness (QED) is 0.588. The fourth-order valence-corrected chi connectivity index (χ4v) is 5.83. The summed E-state index contributed by atoms with van der Waals surface area (Å²) in [5.74, 6) is 0.546. The maximum Gasteiger partial charge on any atom is 0.255 e. The van der Waals surface area contributed by atoms with E-state index in [2.05, 4.69) is 15.5 Å². The van der Waals surface area contributed by atoms with E-state index >= 15 is 0 Å². The maximum atomic E-state index is 13.2. The number of para-hydroxylation sites is 1. The summed E-state index contributed by atoms with van der Waals surface area (Å²) in [4.78, 5) is 17.1. The van der Waals surface area contributed by atoms with Gasteiger partial charge in [0.1, 0.15) is 4.90 Å². The van der Waals surface area contributed by atoms with E-state index in [9.17, 15) is 13.2 Å². The van der Waals surface area contributed by atoms with Gasteiger partial charge >= 0.3 is 0 Å². The van der Waals surface area contributed by atoms with Crippen LogP contribution in [0.4, 0.5) is 5.69 Å². The minimum Gasteiger partial charge on any atom is -0.339 e. The molecule has 0 bridgehead atoms. The first-order chi connectivity index (χ1) is 15.3. The highest BCUT2D eigenvalue weighted by Crippen LogP contribution is 2.30. The van der Waals surface area contributed by atoms with Crippen molar-refractivity contribution in [3.63, 3.8) is 0 Å². The summed E-state index contributed by atoms with van der Waals surface area (Å²) < 4.78 is 32.9. The van der Waals surface area contributed by atoms with Crippen LogP contribution in [0.25, 0.3) is 11.4 Å². The number of piperidine rings is 1. The van der Waals surface area contributed by atoms with E-state index in [4.69, 9.17) is 16.1 Å². The van der Waals surface area contributed by atoms with E-state index in [1.54, 1.807) is 31.2 Å². The zero-order valence-corrected chi connectivity index (χ0v) is 19.3. The highest BCUT2D eigenvalue weighted by Gasteiger charge is 2.31. The average molecular weight is 475 g/mol. The number of aryl methyl sites for hydroxylation is 1. The van der Waals surface area contributed by atoms with Crippen molar-refractivity contribution in [2.24, 2.45) is 5.92 Å². The van der Waals surface area contributed by atoms with E-state index in [1.807, 2.05) is 6.92 Å². The second-order valence-electron chi connectivity index (χ2n) is 7.89. The van der Waals surface area contributed by atoms with Gasteiger partial charge in [0.25, 0.3) is 5.91 Å². The molecule has 1 amide bonds. The molecule has 0 saturated carbocycles. The molecule has 1 aliphatic rings. The van der Waals surface area contributed by atoms with E-state index in [1.165, 1.54) is 22.5 Å². The molecule has 2 aromatic carbocycles. The molecular formula is C22H23ClN4O4S. The first-order valence-electron chi connectivity index (χ1n) is 10.3. The van der Waals surface area contributed by atoms with Gasteiger partial charge in [0.2, 0.25) is 21.7 Å². The summed E-state index contributed by atoms with van der Waals surface area (Å²) in [5.41, 5.74) is 1.24. The lowest BCUT2D eigenvalue weighted by Gasteiger charge is -2.30. The Morgan fingerprint density at radius 2 is 2.03 bits per heavy atom. The predicted molar refractivity (Wildman–Crippen MR) is 121 cm³/mol. The minimum absolute atomic E-state index is 0.0667. The Labute approximate surface area is 191 Å². The number of hydrogen-bond acceptors (Lipinski definition) is 6. The van der Waals surface area contributed by atoms with Gasteiger partial charge in [-0.2, -0.15) is 9.29 Å². The molecule has 3 aromatic rings. The van der Waals surface area contributed by atoms with Gasteiger partial charge in [0, 0.05) is 31.1 Å². The van der Waals surface area contributed by atoms with Crippen LogP contribution < -0.4 is 5.32 Å². The molecule has 1 aromatic heterocycles. The molecule has 1 fully saturated rings. The van der Waals surface area contributed by atoms with E-state index in [0.29, 0.717) is 36.1 Å². The SMILES string of the molecule is Cc1nc(-c2ccccc2NC(=O)c2ccc(Cl)c(S(=O)(=O)N3CCCC(C)C3)c2)no1. The van der Waals surface area contributed by atoms with Crippen molar-refractivity contribution in [1.82, 2.24) is 14.4 Å². The normalized spacial score (nSPS) is 17.3. The van der Waals surface area contributed by atoms with Crippen LogP contribution in [0.2, 0.25) is 5.02 Å². The van der Waals surface area contributed by atoms with Crippen molar-refractivity contribution in [1.29, 1.82) is 0 Å². The highest BCUT2D eigenvalue weighted by molar-refractivity contribution is 7.89. The minimum atomic E-state index is -3.81. The largest absolute Gasteiger partial charge is 0.339 e. The highest BCUT2D eigenvalue weighted by atomic mass is 35.5. The summed E-state index contributed by atoms with van der Waals surface area (Å²) in [7, 11) is -3.81. The molecule has 1 unspecified atom stereocenters. The van der Waals surface area contributed by atoms with Crippen LogP contribution in [-0.2, 0) is 10.0 Å². The number of carbonyl (C=O) groups is 1. The van der Waals surface area contributed by atoms with Gasteiger partial charge < -0.3 is 9.84 Å². The fourth-order valence-electron chi connectivity index (χ4n) is 3.74. The molecule has 0 radical (unpaired) electrons. The molecule has 8 nitrogen and oxygen atoms in total. The van der Waals surface area contributed by atoms with Gasteiger partial charge in [-0.05, 0) is 49.1 Å². The number of benzene rings is 2. The zero-order valence-electron chi connectivity index (χ0n) is 17.7. The molecule has 1 N–H and O–H groups in total. The first-order valence-corrected chi connectivity index (χ1v) is 12.1. The van der Waals surface area contributed by atoms with Crippen molar-refractivity contribution in [2.45, 2.75) is 31.6 Å². The Kier molecular flexibility index (Phi) is 6.32. The molecule has 0 spiro atoms. The second kappa shape index (κ2) is 9.01. The van der Waals surface area contributed by atoms with Crippen molar-refractivity contribution >= 4 is 33.2 Å². The summed E-state index contributed by atoms with van der Waals surface area (Å²) in [6, 6.07) is 11.3. The molecule has 10 heteroatoms. The van der Waals surface area contributed by atoms with Crippen LogP contribution in [0.5, 0.6) is 0 Å². The van der Waals surface area contributed by atoms with Crippen molar-refractivity contribution < 1.29 is 17.7 Å². The molecule has 4 rings (SSSR count). The number of anilines is 1. The second-order valence-corrected chi connectivity index (χ2v) is 10.2. The van der Waals surface area contributed by atoms with Crippen molar-refractivity contribution in [3.8, 4) is 11.4 Å². The number of nitrogens with one attached hydrogen (secondary N) is 1. The summed E-state index contributed by atoms with van der Waals surface area (Å²) >= 11 is 6.24. The number of rotatable bonds is 5. The third-order valence-electron chi connectivity index (χ3n) is 5.37. The number of halogens is 1. The Balaban J connectivity index is 1.63. The number of hydrogen-bond donors (Lipinski definition) is 1. The molecule has 1 aliphatic heterocycles. The van der Waals surface area contributed by atoms with E-state index < -0.39 is 15.9 Å². The topological polar surface area (TPSA) is 105 Å². The van der Waals surface area contributed by atoms with Crippen molar-refractivity contribution in [2.75, 3.05) is 18.4 Å². The van der Waals surface area contributed by atoms with E-state index in [-0.39, 0.29) is 21.4 Å². The zero-order chi connectivity index (χ0) is 22.9. The lowest BCUT2D eigenvalue weighted by atomic mass is 10.0. The number of amides is 1. The summed E-state index contributed by atoms with van der Waals surface area (Å²) in [6.45, 7) is 4.58. The van der Waals surface area contributed by atoms with Crippen LogP contribution >= 0.6 is 11.6 Å². The number of carbonyl (C=O) groups excluding carboxylic acids is 1. The number of nitrogens with zero attached hydrogens (tertiary/aromatic N) is 3. The number of aromatic nitrogens is 2. The van der Waals surface area contributed by atoms with Gasteiger partial charge in [-0.15, -0.1) is 0 Å².